The zero-order valence-corrected chi connectivity index (χ0v) is 10.8. The molecule has 0 radical (unpaired) electrons. The topological polar surface area (TPSA) is 104 Å². The molecule has 0 aliphatic heterocycles. The number of halogens is 1. The van der Waals surface area contributed by atoms with Crippen molar-refractivity contribution in [3.63, 3.8) is 0 Å². The summed E-state index contributed by atoms with van der Waals surface area (Å²) in [6.07, 6.45) is -0.448. The maximum absolute atomic E-state index is 11.3. The second-order valence-electron chi connectivity index (χ2n) is 3.97. The number of amides is 1. The summed E-state index contributed by atoms with van der Waals surface area (Å²) in [5.41, 5.74) is -2.11. The second-order valence-corrected chi connectivity index (χ2v) is 4.37. The number of carbonyl (C=O) groups excluding carboxylic acids is 1. The van der Waals surface area contributed by atoms with E-state index in [1.165, 1.54) is 12.1 Å². The van der Waals surface area contributed by atoms with Crippen LogP contribution in [0.5, 0.6) is 0 Å². The van der Waals surface area contributed by atoms with Crippen LogP contribution >= 0.6 is 11.6 Å². The fourth-order valence-electron chi connectivity index (χ4n) is 1.62. The van der Waals surface area contributed by atoms with Crippen LogP contribution in [0.25, 0.3) is 0 Å². The van der Waals surface area contributed by atoms with Gasteiger partial charge in [0.25, 0.3) is 0 Å². The summed E-state index contributed by atoms with van der Waals surface area (Å²) in [6, 6.07) is 6.25. The lowest BCUT2D eigenvalue weighted by atomic mass is 9.90. The number of carbonyl (C=O) groups is 3. The van der Waals surface area contributed by atoms with Gasteiger partial charge < -0.3 is 15.5 Å². The summed E-state index contributed by atoms with van der Waals surface area (Å²) in [5, 5.41) is 20.5. The molecular weight excluding hydrogens is 274 g/mol. The van der Waals surface area contributed by atoms with Gasteiger partial charge in [-0.2, -0.15) is 0 Å². The summed E-state index contributed by atoms with van der Waals surface area (Å²) in [6.45, 7) is 1.05. The Balaban J connectivity index is 3.24. The molecule has 102 valence electrons. The van der Waals surface area contributed by atoms with Crippen LogP contribution in [0.1, 0.15) is 12.5 Å². The molecule has 0 unspecified atom stereocenters. The monoisotopic (exact) mass is 285 g/mol. The number of nitrogens with one attached hydrogen (secondary N) is 1. The van der Waals surface area contributed by atoms with Crippen LogP contribution in [0.4, 0.5) is 0 Å². The number of hydrogen-bond acceptors (Lipinski definition) is 3. The van der Waals surface area contributed by atoms with Crippen molar-refractivity contribution in [3.05, 3.63) is 34.9 Å². The first kappa shape index (κ1) is 15.0. The van der Waals surface area contributed by atoms with Gasteiger partial charge in [-0.15, -0.1) is 0 Å². The Morgan fingerprint density at radius 3 is 2.16 bits per heavy atom. The first-order valence-corrected chi connectivity index (χ1v) is 5.66. The van der Waals surface area contributed by atoms with Crippen molar-refractivity contribution in [2.24, 2.45) is 0 Å². The van der Waals surface area contributed by atoms with Gasteiger partial charge in [-0.1, -0.05) is 29.8 Å². The van der Waals surface area contributed by atoms with Crippen molar-refractivity contribution in [2.45, 2.75) is 18.9 Å². The van der Waals surface area contributed by atoms with E-state index in [9.17, 15) is 14.4 Å². The van der Waals surface area contributed by atoms with E-state index in [0.717, 1.165) is 6.92 Å². The SMILES string of the molecule is CC(=O)NC(Cc1ccccc1Cl)(C(=O)O)C(=O)O. The Morgan fingerprint density at radius 1 is 1.21 bits per heavy atom. The van der Waals surface area contributed by atoms with Gasteiger partial charge in [0.05, 0.1) is 0 Å². The Morgan fingerprint density at radius 2 is 1.74 bits per heavy atom. The predicted molar refractivity (Wildman–Crippen MR) is 67.0 cm³/mol. The average molecular weight is 286 g/mol. The molecule has 1 aromatic carbocycles. The largest absolute Gasteiger partial charge is 0.479 e. The Labute approximate surface area is 114 Å². The van der Waals surface area contributed by atoms with Crippen molar-refractivity contribution in [3.8, 4) is 0 Å². The first-order chi connectivity index (χ1) is 8.79. The molecule has 1 rings (SSSR count). The molecule has 0 aliphatic rings. The standard InChI is InChI=1S/C12H12ClNO5/c1-7(15)14-12(10(16)17,11(18)19)6-8-4-2-3-5-9(8)13/h2-5H,6H2,1H3,(H,14,15)(H,16,17)(H,18,19). The number of rotatable bonds is 5. The van der Waals surface area contributed by atoms with E-state index < -0.39 is 29.8 Å². The molecule has 0 heterocycles. The van der Waals surface area contributed by atoms with E-state index in [0.29, 0.717) is 5.56 Å². The fourth-order valence-corrected chi connectivity index (χ4v) is 1.82. The molecule has 0 fully saturated rings. The number of benzene rings is 1. The summed E-state index contributed by atoms with van der Waals surface area (Å²) >= 11 is 5.88. The van der Waals surface area contributed by atoms with Gasteiger partial charge in [-0.3, -0.25) is 4.79 Å². The Kier molecular flexibility index (Phi) is 4.50. The highest BCUT2D eigenvalue weighted by molar-refractivity contribution is 6.31. The van der Waals surface area contributed by atoms with E-state index in [1.54, 1.807) is 12.1 Å². The van der Waals surface area contributed by atoms with Gasteiger partial charge in [0.1, 0.15) is 0 Å². The van der Waals surface area contributed by atoms with Crippen LogP contribution in [0.15, 0.2) is 24.3 Å². The minimum Gasteiger partial charge on any atom is -0.479 e. The molecule has 0 bridgehead atoms. The molecule has 0 spiro atoms. The number of hydrogen-bond donors (Lipinski definition) is 3. The van der Waals surface area contributed by atoms with Crippen LogP contribution in [0.2, 0.25) is 5.02 Å². The lowest BCUT2D eigenvalue weighted by Crippen LogP contribution is -2.61. The summed E-state index contributed by atoms with van der Waals surface area (Å²) in [7, 11) is 0. The van der Waals surface area contributed by atoms with Gasteiger partial charge in [0.2, 0.25) is 11.4 Å². The number of carboxylic acid groups (broad SMARTS) is 2. The van der Waals surface area contributed by atoms with E-state index >= 15 is 0 Å². The normalized spacial score (nSPS) is 10.8. The molecule has 0 saturated carbocycles. The van der Waals surface area contributed by atoms with Gasteiger partial charge in [0, 0.05) is 18.4 Å². The molecule has 7 heteroatoms. The minimum atomic E-state index is -2.43. The highest BCUT2D eigenvalue weighted by Gasteiger charge is 2.48. The summed E-state index contributed by atoms with van der Waals surface area (Å²) < 4.78 is 0. The van der Waals surface area contributed by atoms with E-state index in [2.05, 4.69) is 0 Å². The van der Waals surface area contributed by atoms with E-state index in [4.69, 9.17) is 21.8 Å². The first-order valence-electron chi connectivity index (χ1n) is 5.28. The third kappa shape index (κ3) is 3.23. The van der Waals surface area contributed by atoms with E-state index in [1.807, 2.05) is 5.32 Å². The molecule has 0 aromatic heterocycles. The molecule has 0 aliphatic carbocycles. The van der Waals surface area contributed by atoms with Crippen molar-refractivity contribution < 1.29 is 24.6 Å². The molecule has 6 nitrogen and oxygen atoms in total. The van der Waals surface area contributed by atoms with Crippen molar-refractivity contribution in [1.29, 1.82) is 0 Å². The van der Waals surface area contributed by atoms with Crippen LogP contribution in [0, 0.1) is 0 Å². The van der Waals surface area contributed by atoms with Crippen LogP contribution in [0.3, 0.4) is 0 Å². The summed E-state index contributed by atoms with van der Waals surface area (Å²) in [4.78, 5) is 33.6. The van der Waals surface area contributed by atoms with Gasteiger partial charge in [-0.05, 0) is 11.6 Å². The highest BCUT2D eigenvalue weighted by Crippen LogP contribution is 2.22. The van der Waals surface area contributed by atoms with Crippen molar-refractivity contribution in [2.75, 3.05) is 0 Å². The molecule has 3 N–H and O–H groups in total. The molecular formula is C12H12ClNO5. The highest BCUT2D eigenvalue weighted by atomic mass is 35.5. The fraction of sp³-hybridized carbons (Fsp3) is 0.250. The lowest BCUT2D eigenvalue weighted by Gasteiger charge is -2.26. The molecule has 19 heavy (non-hydrogen) atoms. The van der Waals surface area contributed by atoms with Crippen LogP contribution < -0.4 is 5.32 Å². The zero-order valence-electron chi connectivity index (χ0n) is 10.0. The molecule has 0 atom stereocenters. The summed E-state index contributed by atoms with van der Waals surface area (Å²) in [5.74, 6) is -4.07. The lowest BCUT2D eigenvalue weighted by molar-refractivity contribution is -0.161. The maximum atomic E-state index is 11.3. The molecule has 0 saturated heterocycles. The second kappa shape index (κ2) is 5.71. The zero-order chi connectivity index (χ0) is 14.6. The molecule has 1 amide bonds. The minimum absolute atomic E-state index is 0.236. The van der Waals surface area contributed by atoms with Crippen LogP contribution in [-0.2, 0) is 20.8 Å². The average Bonchev–Trinajstić information content (AvgIpc) is 2.29. The quantitative estimate of drug-likeness (QED) is 0.698. The van der Waals surface area contributed by atoms with Crippen LogP contribution in [-0.4, -0.2) is 33.6 Å². The number of carboxylic acids is 2. The van der Waals surface area contributed by atoms with Gasteiger partial charge in [0.15, 0.2) is 0 Å². The smallest absolute Gasteiger partial charge is 0.341 e. The Hall–Kier alpha value is -2.08. The van der Waals surface area contributed by atoms with Crippen molar-refractivity contribution >= 4 is 29.4 Å². The number of aliphatic carboxylic acids is 2. The third-order valence-electron chi connectivity index (χ3n) is 2.53. The maximum Gasteiger partial charge on any atom is 0.341 e. The van der Waals surface area contributed by atoms with Crippen molar-refractivity contribution in [1.82, 2.24) is 5.32 Å². The third-order valence-corrected chi connectivity index (χ3v) is 2.90. The Bertz CT molecular complexity index is 515. The van der Waals surface area contributed by atoms with Gasteiger partial charge in [-0.25, -0.2) is 9.59 Å². The molecule has 1 aromatic rings. The van der Waals surface area contributed by atoms with Gasteiger partial charge >= 0.3 is 11.9 Å². The predicted octanol–water partition coefficient (Wildman–Crippen LogP) is 0.927. The van der Waals surface area contributed by atoms with E-state index in [-0.39, 0.29) is 5.02 Å².